The Morgan fingerprint density at radius 1 is 1.28 bits per heavy atom. The first-order valence-corrected chi connectivity index (χ1v) is 7.79. The summed E-state index contributed by atoms with van der Waals surface area (Å²) < 4.78 is 26.5. The molecule has 18 heavy (non-hydrogen) atoms. The van der Waals surface area contributed by atoms with E-state index >= 15 is 0 Å². The molecule has 1 aromatic heterocycles. The molecule has 96 valence electrons. The molecule has 0 saturated carbocycles. The first-order valence-electron chi connectivity index (χ1n) is 4.55. The van der Waals surface area contributed by atoms with Gasteiger partial charge in [-0.3, -0.25) is 0 Å². The molecule has 1 heterocycles. The number of nitrogens with zero attached hydrogens (tertiary/aromatic N) is 2. The van der Waals surface area contributed by atoms with Crippen molar-refractivity contribution in [3.63, 3.8) is 0 Å². The zero-order valence-electron chi connectivity index (χ0n) is 8.60. The fourth-order valence-corrected chi connectivity index (χ4v) is 2.43. The molecule has 0 atom stereocenters. The van der Waals surface area contributed by atoms with E-state index in [9.17, 15) is 8.42 Å². The van der Waals surface area contributed by atoms with Crippen LogP contribution >= 0.6 is 33.9 Å². The molecule has 1 aromatic carbocycles. The van der Waals surface area contributed by atoms with Crippen molar-refractivity contribution in [2.24, 2.45) is 0 Å². The van der Waals surface area contributed by atoms with Gasteiger partial charge in [0.1, 0.15) is 5.75 Å². The van der Waals surface area contributed by atoms with Gasteiger partial charge in [0.2, 0.25) is 20.8 Å². The van der Waals surface area contributed by atoms with E-state index in [1.807, 2.05) is 0 Å². The van der Waals surface area contributed by atoms with Gasteiger partial charge in [0, 0.05) is 21.3 Å². The zero-order valence-corrected chi connectivity index (χ0v) is 11.7. The molecule has 5 nitrogen and oxygen atoms in total. The summed E-state index contributed by atoms with van der Waals surface area (Å²) >= 11 is 11.7. The summed E-state index contributed by atoms with van der Waals surface area (Å²) in [6.07, 6.45) is 0. The Morgan fingerprint density at radius 3 is 2.61 bits per heavy atom. The van der Waals surface area contributed by atoms with Gasteiger partial charge in [0.05, 0.1) is 5.02 Å². The van der Waals surface area contributed by atoms with Crippen molar-refractivity contribution in [1.29, 1.82) is 0 Å². The Kier molecular flexibility index (Phi) is 3.82. The quantitative estimate of drug-likeness (QED) is 0.810. The summed E-state index contributed by atoms with van der Waals surface area (Å²) in [5.74, 6) is -0.467. The molecule has 2 aromatic rings. The number of aromatic nitrogens is 2. The minimum absolute atomic E-state index is 0.106. The molecule has 0 radical (unpaired) electrons. The monoisotopic (exact) mass is 326 g/mol. The molecule has 0 spiro atoms. The number of benzene rings is 1. The fraction of sp³-hybridized carbons (Fsp3) is 0.111. The predicted molar refractivity (Wildman–Crippen MR) is 68.2 cm³/mol. The molecule has 2 rings (SSSR count). The highest BCUT2D eigenvalue weighted by Crippen LogP contribution is 2.28. The second kappa shape index (κ2) is 5.05. The standard InChI is InChI=1S/C9H5Cl3N2O3S/c10-5-1-2-6(7(11)3-5)9-13-8(17-14-9)4-18(12,15)16/h1-3H,4H2. The molecular formula is C9H5Cl3N2O3S. The van der Waals surface area contributed by atoms with Crippen LogP contribution in [0.4, 0.5) is 0 Å². The van der Waals surface area contributed by atoms with Crippen LogP contribution in [0.2, 0.25) is 10.0 Å². The molecule has 0 aliphatic carbocycles. The van der Waals surface area contributed by atoms with E-state index < -0.39 is 14.8 Å². The lowest BCUT2D eigenvalue weighted by Gasteiger charge is -1.98. The average Bonchev–Trinajstić information content (AvgIpc) is 2.63. The van der Waals surface area contributed by atoms with Crippen LogP contribution in [0.5, 0.6) is 0 Å². The van der Waals surface area contributed by atoms with Gasteiger partial charge in [0.25, 0.3) is 0 Å². The molecule has 9 heteroatoms. The number of hydrogen-bond donors (Lipinski definition) is 0. The van der Waals surface area contributed by atoms with Gasteiger partial charge >= 0.3 is 0 Å². The van der Waals surface area contributed by atoms with Gasteiger partial charge < -0.3 is 4.52 Å². The Labute approximate surface area is 117 Å². The third-order valence-corrected chi connectivity index (χ3v) is 3.40. The SMILES string of the molecule is O=S(=O)(Cl)Cc1nc(-c2ccc(Cl)cc2Cl)no1. The van der Waals surface area contributed by atoms with Crippen molar-refractivity contribution in [1.82, 2.24) is 10.1 Å². The van der Waals surface area contributed by atoms with Gasteiger partial charge in [-0.1, -0.05) is 28.4 Å². The van der Waals surface area contributed by atoms with E-state index in [2.05, 4.69) is 10.1 Å². The van der Waals surface area contributed by atoms with Crippen LogP contribution in [0.15, 0.2) is 22.7 Å². The van der Waals surface area contributed by atoms with Crippen LogP contribution in [0.3, 0.4) is 0 Å². The van der Waals surface area contributed by atoms with E-state index in [1.54, 1.807) is 12.1 Å². The van der Waals surface area contributed by atoms with Crippen molar-refractivity contribution in [2.45, 2.75) is 5.75 Å². The van der Waals surface area contributed by atoms with Crippen LogP contribution in [0.1, 0.15) is 5.89 Å². The lowest BCUT2D eigenvalue weighted by molar-refractivity contribution is 0.390. The lowest BCUT2D eigenvalue weighted by atomic mass is 10.2. The molecule has 0 aliphatic heterocycles. The summed E-state index contributed by atoms with van der Waals surface area (Å²) in [6, 6.07) is 4.73. The van der Waals surface area contributed by atoms with Crippen LogP contribution in [-0.4, -0.2) is 18.6 Å². The summed E-state index contributed by atoms with van der Waals surface area (Å²) in [5, 5.41) is 4.43. The minimum Gasteiger partial charge on any atom is -0.338 e. The van der Waals surface area contributed by atoms with E-state index in [1.165, 1.54) is 6.07 Å². The van der Waals surface area contributed by atoms with Crippen molar-refractivity contribution in [3.05, 3.63) is 34.1 Å². The maximum absolute atomic E-state index is 10.9. The van der Waals surface area contributed by atoms with E-state index in [-0.39, 0.29) is 11.7 Å². The van der Waals surface area contributed by atoms with E-state index in [0.29, 0.717) is 15.6 Å². The Morgan fingerprint density at radius 2 is 2.00 bits per heavy atom. The summed E-state index contributed by atoms with van der Waals surface area (Å²) in [4.78, 5) is 3.89. The van der Waals surface area contributed by atoms with E-state index in [0.717, 1.165) is 0 Å². The van der Waals surface area contributed by atoms with Gasteiger partial charge in [0.15, 0.2) is 0 Å². The molecule has 0 aliphatic rings. The first kappa shape index (κ1) is 13.6. The first-order chi connectivity index (χ1) is 8.35. The lowest BCUT2D eigenvalue weighted by Crippen LogP contribution is -1.95. The third kappa shape index (κ3) is 3.35. The topological polar surface area (TPSA) is 73.1 Å². The highest BCUT2D eigenvalue weighted by atomic mass is 35.7. The minimum atomic E-state index is -3.74. The van der Waals surface area contributed by atoms with E-state index in [4.69, 9.17) is 38.4 Å². The molecule has 0 fully saturated rings. The average molecular weight is 328 g/mol. The zero-order chi connectivity index (χ0) is 13.3. The molecule has 0 unspecified atom stereocenters. The maximum atomic E-state index is 10.9. The summed E-state index contributed by atoms with van der Waals surface area (Å²) in [5.41, 5.74) is 0.489. The Hall–Kier alpha value is -0.820. The highest BCUT2D eigenvalue weighted by Gasteiger charge is 2.16. The van der Waals surface area contributed by atoms with Crippen LogP contribution in [0, 0.1) is 0 Å². The number of halogens is 3. The second-order valence-corrected chi connectivity index (χ2v) is 6.94. The van der Waals surface area contributed by atoms with Crippen molar-refractivity contribution in [2.75, 3.05) is 0 Å². The largest absolute Gasteiger partial charge is 0.338 e. The van der Waals surface area contributed by atoms with Gasteiger partial charge in [-0.2, -0.15) is 4.98 Å². The molecular weight excluding hydrogens is 323 g/mol. The summed E-state index contributed by atoms with van der Waals surface area (Å²) in [7, 11) is 1.33. The van der Waals surface area contributed by atoms with Crippen LogP contribution < -0.4 is 0 Å². The smallest absolute Gasteiger partial charge is 0.243 e. The summed E-state index contributed by atoms with van der Waals surface area (Å²) in [6.45, 7) is 0. The van der Waals surface area contributed by atoms with Crippen molar-refractivity contribution < 1.29 is 12.9 Å². The van der Waals surface area contributed by atoms with Gasteiger partial charge in [-0.05, 0) is 18.2 Å². The van der Waals surface area contributed by atoms with Crippen molar-refractivity contribution >= 4 is 42.9 Å². The number of hydrogen-bond acceptors (Lipinski definition) is 5. The normalized spacial score (nSPS) is 11.7. The van der Waals surface area contributed by atoms with Crippen LogP contribution in [-0.2, 0) is 14.8 Å². The second-order valence-electron chi connectivity index (χ2n) is 3.32. The van der Waals surface area contributed by atoms with Crippen LogP contribution in [0.25, 0.3) is 11.4 Å². The Balaban J connectivity index is 2.35. The maximum Gasteiger partial charge on any atom is 0.243 e. The Bertz CT molecular complexity index is 684. The predicted octanol–water partition coefficient (Wildman–Crippen LogP) is 3.11. The molecule has 0 bridgehead atoms. The fourth-order valence-electron chi connectivity index (χ4n) is 1.24. The number of rotatable bonds is 3. The van der Waals surface area contributed by atoms with Gasteiger partial charge in [-0.25, -0.2) is 8.42 Å². The molecule has 0 amide bonds. The molecule has 0 saturated heterocycles. The molecule has 0 N–H and O–H groups in total. The van der Waals surface area contributed by atoms with Crippen molar-refractivity contribution in [3.8, 4) is 11.4 Å². The van der Waals surface area contributed by atoms with Gasteiger partial charge in [-0.15, -0.1) is 0 Å². The third-order valence-electron chi connectivity index (χ3n) is 1.94. The highest BCUT2D eigenvalue weighted by molar-refractivity contribution is 8.13.